The number of aromatic nitrogens is 1. The molecule has 0 bridgehead atoms. The average molecular weight is 299 g/mol. The number of hydrogen-bond donors (Lipinski definition) is 1. The first kappa shape index (κ1) is 17.1. The highest BCUT2D eigenvalue weighted by atomic mass is 32.2. The second-order valence-corrected chi connectivity index (χ2v) is 7.21. The van der Waals surface area contributed by atoms with E-state index in [1.807, 2.05) is 39.0 Å². The molecule has 1 aromatic rings. The van der Waals surface area contributed by atoms with Crippen LogP contribution in [0.15, 0.2) is 18.2 Å². The van der Waals surface area contributed by atoms with E-state index in [1.54, 1.807) is 6.92 Å². The predicted octanol–water partition coefficient (Wildman–Crippen LogP) is 1.54. The second-order valence-electron chi connectivity index (χ2n) is 4.86. The van der Waals surface area contributed by atoms with Gasteiger partial charge in [0.2, 0.25) is 10.0 Å². The number of rotatable bonds is 8. The van der Waals surface area contributed by atoms with Gasteiger partial charge in [0.05, 0.1) is 17.5 Å². The van der Waals surface area contributed by atoms with Crippen LogP contribution in [0.25, 0.3) is 0 Å². The van der Waals surface area contributed by atoms with Gasteiger partial charge in [-0.3, -0.25) is 4.98 Å². The number of aryl methyl sites for hydroxylation is 1. The summed E-state index contributed by atoms with van der Waals surface area (Å²) in [6, 6.07) is 5.67. The number of hydrogen-bond acceptors (Lipinski definition) is 4. The van der Waals surface area contributed by atoms with E-state index >= 15 is 0 Å². The molecule has 1 rings (SSSR count). The van der Waals surface area contributed by atoms with Crippen molar-refractivity contribution in [3.63, 3.8) is 0 Å². The molecule has 0 saturated carbocycles. The monoisotopic (exact) mass is 299 g/mol. The largest absolute Gasteiger partial charge is 0.316 e. The lowest BCUT2D eigenvalue weighted by molar-refractivity contribution is 0.410. The Bertz CT molecular complexity index is 517. The summed E-state index contributed by atoms with van der Waals surface area (Å²) >= 11 is 0. The lowest BCUT2D eigenvalue weighted by atomic mass is 10.3. The third kappa shape index (κ3) is 4.54. The molecular formula is C14H25N3O2S. The minimum atomic E-state index is -3.30. The molecule has 1 N–H and O–H groups in total. The fraction of sp³-hybridized carbons (Fsp3) is 0.643. The van der Waals surface area contributed by atoms with Crippen LogP contribution in [0.2, 0.25) is 0 Å². The number of nitrogens with one attached hydrogen (secondary N) is 1. The van der Waals surface area contributed by atoms with Crippen LogP contribution in [0.5, 0.6) is 0 Å². The Hall–Kier alpha value is -0.980. The van der Waals surface area contributed by atoms with Gasteiger partial charge < -0.3 is 5.32 Å². The van der Waals surface area contributed by atoms with E-state index in [0.29, 0.717) is 19.6 Å². The average Bonchev–Trinajstić information content (AvgIpc) is 2.41. The molecule has 0 aliphatic rings. The summed E-state index contributed by atoms with van der Waals surface area (Å²) in [5, 5.41) is 2.65. The van der Waals surface area contributed by atoms with Gasteiger partial charge in [0, 0.05) is 18.8 Å². The van der Waals surface area contributed by atoms with Gasteiger partial charge in [0.1, 0.15) is 0 Å². The van der Waals surface area contributed by atoms with Crippen molar-refractivity contribution in [3.8, 4) is 0 Å². The van der Waals surface area contributed by atoms with Gasteiger partial charge in [-0.15, -0.1) is 0 Å². The van der Waals surface area contributed by atoms with Crippen molar-refractivity contribution in [1.29, 1.82) is 0 Å². The summed E-state index contributed by atoms with van der Waals surface area (Å²) in [6.07, 6.45) is 0. The Kier molecular flexibility index (Phi) is 6.58. The zero-order valence-corrected chi connectivity index (χ0v) is 13.6. The summed E-state index contributed by atoms with van der Waals surface area (Å²) in [6.45, 7) is 9.49. The zero-order valence-electron chi connectivity index (χ0n) is 12.8. The van der Waals surface area contributed by atoms with Crippen molar-refractivity contribution in [3.05, 3.63) is 29.6 Å². The topological polar surface area (TPSA) is 62.3 Å². The van der Waals surface area contributed by atoms with Crippen LogP contribution < -0.4 is 5.32 Å². The molecule has 0 fully saturated rings. The highest BCUT2D eigenvalue weighted by Gasteiger charge is 2.27. The number of sulfonamides is 1. The van der Waals surface area contributed by atoms with Crippen LogP contribution in [-0.2, 0) is 16.6 Å². The van der Waals surface area contributed by atoms with Gasteiger partial charge in [-0.25, -0.2) is 8.42 Å². The third-order valence-corrected chi connectivity index (χ3v) is 5.48. The molecule has 5 nitrogen and oxygen atoms in total. The van der Waals surface area contributed by atoms with E-state index in [0.717, 1.165) is 17.9 Å². The summed E-state index contributed by atoms with van der Waals surface area (Å²) in [5.41, 5.74) is 1.68. The van der Waals surface area contributed by atoms with Gasteiger partial charge >= 0.3 is 0 Å². The predicted molar refractivity (Wildman–Crippen MR) is 82.0 cm³/mol. The highest BCUT2D eigenvalue weighted by Crippen LogP contribution is 2.12. The molecule has 0 aliphatic heterocycles. The van der Waals surface area contributed by atoms with Crippen LogP contribution in [0.1, 0.15) is 32.2 Å². The van der Waals surface area contributed by atoms with Crippen LogP contribution in [-0.4, -0.2) is 42.6 Å². The van der Waals surface area contributed by atoms with Gasteiger partial charge in [0.25, 0.3) is 0 Å². The first-order chi connectivity index (χ1) is 9.41. The van der Waals surface area contributed by atoms with E-state index in [9.17, 15) is 8.42 Å². The molecule has 1 aromatic heterocycles. The normalized spacial score (nSPS) is 13.7. The first-order valence-corrected chi connectivity index (χ1v) is 8.54. The Morgan fingerprint density at radius 2 is 2.05 bits per heavy atom. The van der Waals surface area contributed by atoms with Crippen molar-refractivity contribution < 1.29 is 8.42 Å². The first-order valence-electron chi connectivity index (χ1n) is 7.04. The zero-order chi connectivity index (χ0) is 15.2. The molecule has 1 unspecified atom stereocenters. The minimum absolute atomic E-state index is 0.330. The Morgan fingerprint density at radius 1 is 1.35 bits per heavy atom. The maximum absolute atomic E-state index is 12.5. The smallest absolute Gasteiger partial charge is 0.218 e. The Labute approximate surface area is 122 Å². The van der Waals surface area contributed by atoms with Crippen molar-refractivity contribution in [2.24, 2.45) is 0 Å². The van der Waals surface area contributed by atoms with Crippen molar-refractivity contribution in [2.75, 3.05) is 19.6 Å². The summed E-state index contributed by atoms with van der Waals surface area (Å²) in [7, 11) is -3.30. The van der Waals surface area contributed by atoms with Gasteiger partial charge in [-0.2, -0.15) is 4.31 Å². The molecule has 1 heterocycles. The Morgan fingerprint density at radius 3 is 2.60 bits per heavy atom. The quantitative estimate of drug-likeness (QED) is 0.791. The minimum Gasteiger partial charge on any atom is -0.316 e. The van der Waals surface area contributed by atoms with Gasteiger partial charge in [-0.1, -0.05) is 19.9 Å². The number of nitrogens with zero attached hydrogens (tertiary/aromatic N) is 2. The van der Waals surface area contributed by atoms with Crippen molar-refractivity contribution in [1.82, 2.24) is 14.6 Å². The third-order valence-electron chi connectivity index (χ3n) is 3.19. The van der Waals surface area contributed by atoms with Gasteiger partial charge in [0.15, 0.2) is 0 Å². The summed E-state index contributed by atoms with van der Waals surface area (Å²) in [5.74, 6) is 0. The summed E-state index contributed by atoms with van der Waals surface area (Å²) in [4.78, 5) is 4.37. The molecule has 6 heteroatoms. The molecule has 20 heavy (non-hydrogen) atoms. The molecule has 0 aliphatic carbocycles. The maximum Gasteiger partial charge on any atom is 0.218 e. The summed E-state index contributed by atoms with van der Waals surface area (Å²) < 4.78 is 26.5. The molecule has 114 valence electrons. The maximum atomic E-state index is 12.5. The van der Waals surface area contributed by atoms with E-state index < -0.39 is 15.3 Å². The second kappa shape index (κ2) is 7.71. The van der Waals surface area contributed by atoms with E-state index in [4.69, 9.17) is 0 Å². The molecule has 0 radical (unpaired) electrons. The lowest BCUT2D eigenvalue weighted by Gasteiger charge is -2.24. The van der Waals surface area contributed by atoms with Gasteiger partial charge in [-0.05, 0) is 32.5 Å². The molecule has 0 aromatic carbocycles. The van der Waals surface area contributed by atoms with Crippen molar-refractivity contribution in [2.45, 2.75) is 39.5 Å². The molecule has 0 spiro atoms. The van der Waals surface area contributed by atoms with Crippen molar-refractivity contribution >= 4 is 10.0 Å². The standard InChI is InChI=1S/C14H25N3O2S/c1-5-15-10-13(4)20(18,19)17(6-2)11-14-9-7-8-12(3)16-14/h7-9,13,15H,5-6,10-11H2,1-4H3. The molecule has 1 atom stereocenters. The SMILES string of the molecule is CCNCC(C)S(=O)(=O)N(CC)Cc1cccc(C)n1. The fourth-order valence-electron chi connectivity index (χ4n) is 1.96. The van der Waals surface area contributed by atoms with E-state index in [2.05, 4.69) is 10.3 Å². The molecule has 0 saturated heterocycles. The fourth-order valence-corrected chi connectivity index (χ4v) is 3.47. The molecular weight excluding hydrogens is 274 g/mol. The van der Waals surface area contributed by atoms with Crippen LogP contribution in [0.3, 0.4) is 0 Å². The lowest BCUT2D eigenvalue weighted by Crippen LogP contribution is -2.41. The highest BCUT2D eigenvalue weighted by molar-refractivity contribution is 7.89. The van der Waals surface area contributed by atoms with Crippen LogP contribution in [0, 0.1) is 6.92 Å². The van der Waals surface area contributed by atoms with E-state index in [1.165, 1.54) is 4.31 Å². The Balaban J connectivity index is 2.84. The van der Waals surface area contributed by atoms with Crippen LogP contribution in [0.4, 0.5) is 0 Å². The van der Waals surface area contributed by atoms with Crippen LogP contribution >= 0.6 is 0 Å². The molecule has 0 amide bonds. The van der Waals surface area contributed by atoms with E-state index in [-0.39, 0.29) is 0 Å². The number of pyridine rings is 1.